The number of rotatable bonds is 2. The van der Waals surface area contributed by atoms with Crippen LogP contribution in [0.4, 0.5) is 4.39 Å². The van der Waals surface area contributed by atoms with Crippen molar-refractivity contribution in [1.29, 1.82) is 0 Å². The quantitative estimate of drug-likeness (QED) is 0.774. The van der Waals surface area contributed by atoms with Crippen LogP contribution in [-0.4, -0.2) is 5.11 Å². The first-order valence-corrected chi connectivity index (χ1v) is 6.08. The molecule has 0 spiro atoms. The highest BCUT2D eigenvalue weighted by Gasteiger charge is 2.11. The minimum absolute atomic E-state index is 0.241. The fourth-order valence-corrected chi connectivity index (χ4v) is 2.40. The molecule has 16 heavy (non-hydrogen) atoms. The number of benzene rings is 1. The van der Waals surface area contributed by atoms with Crippen molar-refractivity contribution in [3.8, 4) is 0 Å². The zero-order chi connectivity index (χ0) is 12.1. The first kappa shape index (κ1) is 12.9. The van der Waals surface area contributed by atoms with Crippen LogP contribution in [0.5, 0.6) is 0 Å². The van der Waals surface area contributed by atoms with Gasteiger partial charge in [-0.1, -0.05) is 32.1 Å². The number of fused-ring (bicyclic) bond motifs is 1. The van der Waals surface area contributed by atoms with E-state index in [-0.39, 0.29) is 5.82 Å². The number of halogens is 1. The summed E-state index contributed by atoms with van der Waals surface area (Å²) in [6, 6.07) is 4.86. The monoisotopic (exact) mass is 238 g/mol. The van der Waals surface area contributed by atoms with Gasteiger partial charge in [-0.15, -0.1) is 17.9 Å². The van der Waals surface area contributed by atoms with Crippen LogP contribution in [0.25, 0.3) is 10.1 Å². The van der Waals surface area contributed by atoms with E-state index in [0.717, 1.165) is 10.9 Å². The van der Waals surface area contributed by atoms with Crippen LogP contribution in [0.3, 0.4) is 0 Å². The van der Waals surface area contributed by atoms with E-state index in [1.54, 1.807) is 17.5 Å². The Balaban J connectivity index is 0.000000606. The third-order valence-corrected chi connectivity index (χ3v) is 3.15. The summed E-state index contributed by atoms with van der Waals surface area (Å²) >= 11 is 1.30. The first-order chi connectivity index (χ1) is 7.74. The normalized spacial score (nSPS) is 11.8. The van der Waals surface area contributed by atoms with Crippen molar-refractivity contribution in [1.82, 2.24) is 0 Å². The van der Waals surface area contributed by atoms with Gasteiger partial charge in [0, 0.05) is 10.9 Å². The molecule has 0 saturated heterocycles. The summed E-state index contributed by atoms with van der Waals surface area (Å²) in [4.78, 5) is 0. The van der Waals surface area contributed by atoms with Gasteiger partial charge in [-0.2, -0.15) is 0 Å². The molecule has 0 saturated carbocycles. The van der Waals surface area contributed by atoms with Crippen LogP contribution in [0, 0.1) is 5.82 Å². The lowest BCUT2D eigenvalue weighted by Crippen LogP contribution is -1.89. The molecular formula is C13H15FOS. The third kappa shape index (κ3) is 2.31. The largest absolute Gasteiger partial charge is 0.384 e. The smallest absolute Gasteiger partial charge is 0.140 e. The second-order valence-corrected chi connectivity index (χ2v) is 3.87. The maximum atomic E-state index is 13.3. The molecule has 3 heteroatoms. The van der Waals surface area contributed by atoms with E-state index >= 15 is 0 Å². The molecule has 0 aliphatic heterocycles. The van der Waals surface area contributed by atoms with Crippen molar-refractivity contribution in [2.45, 2.75) is 20.0 Å². The number of hydrogen-bond acceptors (Lipinski definition) is 2. The highest BCUT2D eigenvalue weighted by Crippen LogP contribution is 2.32. The van der Waals surface area contributed by atoms with Gasteiger partial charge in [-0.25, -0.2) is 4.39 Å². The third-order valence-electron chi connectivity index (χ3n) is 2.12. The summed E-state index contributed by atoms with van der Waals surface area (Å²) < 4.78 is 13.9. The standard InChI is InChI=1S/C11H9FOS.C2H6/c1-2-10(13)8-6-14-11-7(8)4-3-5-9(11)12;1-2/h2-6,10,13H,1H2;1-2H3. The summed E-state index contributed by atoms with van der Waals surface area (Å²) in [5.74, 6) is -0.241. The van der Waals surface area contributed by atoms with Gasteiger partial charge in [0.25, 0.3) is 0 Å². The molecule has 1 nitrogen and oxygen atoms in total. The summed E-state index contributed by atoms with van der Waals surface area (Å²) in [5, 5.41) is 12.1. The summed E-state index contributed by atoms with van der Waals surface area (Å²) in [7, 11) is 0. The minimum Gasteiger partial charge on any atom is -0.384 e. The number of thiophene rings is 1. The van der Waals surface area contributed by atoms with Crippen molar-refractivity contribution in [3.05, 3.63) is 47.6 Å². The van der Waals surface area contributed by atoms with Crippen LogP contribution in [0.2, 0.25) is 0 Å². The fraction of sp³-hybridized carbons (Fsp3) is 0.231. The lowest BCUT2D eigenvalue weighted by molar-refractivity contribution is 0.231. The molecule has 2 rings (SSSR count). The topological polar surface area (TPSA) is 20.2 Å². The number of hydrogen-bond donors (Lipinski definition) is 1. The van der Waals surface area contributed by atoms with Crippen molar-refractivity contribution in [2.24, 2.45) is 0 Å². The van der Waals surface area contributed by atoms with E-state index < -0.39 is 6.10 Å². The molecule has 0 fully saturated rings. The Hall–Kier alpha value is -1.19. The Morgan fingerprint density at radius 2 is 2.12 bits per heavy atom. The SMILES string of the molecule is C=CC(O)c1csc2c(F)cccc12.CC. The predicted molar refractivity (Wildman–Crippen MR) is 68.3 cm³/mol. The van der Waals surface area contributed by atoms with Gasteiger partial charge in [0.05, 0.1) is 10.8 Å². The van der Waals surface area contributed by atoms with E-state index in [9.17, 15) is 9.50 Å². The van der Waals surface area contributed by atoms with Gasteiger partial charge in [0.15, 0.2) is 0 Å². The molecule has 1 heterocycles. The minimum atomic E-state index is -0.717. The summed E-state index contributed by atoms with van der Waals surface area (Å²) in [6.07, 6.45) is 0.720. The van der Waals surface area contributed by atoms with E-state index in [0.29, 0.717) is 4.70 Å². The second-order valence-electron chi connectivity index (χ2n) is 2.99. The molecule has 1 aromatic carbocycles. The van der Waals surface area contributed by atoms with E-state index in [2.05, 4.69) is 6.58 Å². The first-order valence-electron chi connectivity index (χ1n) is 5.20. The van der Waals surface area contributed by atoms with E-state index in [1.165, 1.54) is 23.5 Å². The Morgan fingerprint density at radius 3 is 2.75 bits per heavy atom. The number of aliphatic hydroxyl groups excluding tert-OH is 1. The molecule has 2 aromatic rings. The van der Waals surface area contributed by atoms with Crippen molar-refractivity contribution < 1.29 is 9.50 Å². The van der Waals surface area contributed by atoms with Gasteiger partial charge in [-0.3, -0.25) is 0 Å². The Labute approximate surface area is 98.9 Å². The van der Waals surface area contributed by atoms with Crippen LogP contribution >= 0.6 is 11.3 Å². The zero-order valence-electron chi connectivity index (χ0n) is 9.40. The van der Waals surface area contributed by atoms with Crippen LogP contribution < -0.4 is 0 Å². The Morgan fingerprint density at radius 1 is 1.44 bits per heavy atom. The van der Waals surface area contributed by atoms with E-state index in [1.807, 2.05) is 13.8 Å². The second kappa shape index (κ2) is 5.77. The maximum absolute atomic E-state index is 13.3. The molecule has 0 aliphatic carbocycles. The molecule has 0 radical (unpaired) electrons. The number of aliphatic hydroxyl groups is 1. The Kier molecular flexibility index (Phi) is 4.65. The van der Waals surface area contributed by atoms with Gasteiger partial charge in [0.1, 0.15) is 5.82 Å². The van der Waals surface area contributed by atoms with Gasteiger partial charge < -0.3 is 5.11 Å². The van der Waals surface area contributed by atoms with Gasteiger partial charge >= 0.3 is 0 Å². The molecule has 0 amide bonds. The molecule has 0 aliphatic rings. The summed E-state index contributed by atoms with van der Waals surface area (Å²) in [5.41, 5.74) is 0.722. The van der Waals surface area contributed by atoms with Gasteiger partial charge in [-0.05, 0) is 11.4 Å². The fourth-order valence-electron chi connectivity index (χ4n) is 1.40. The lowest BCUT2D eigenvalue weighted by atomic mass is 10.1. The van der Waals surface area contributed by atoms with Crippen LogP contribution in [0.15, 0.2) is 36.2 Å². The lowest BCUT2D eigenvalue weighted by Gasteiger charge is -2.02. The molecular weight excluding hydrogens is 223 g/mol. The van der Waals surface area contributed by atoms with Crippen molar-refractivity contribution in [2.75, 3.05) is 0 Å². The van der Waals surface area contributed by atoms with Crippen molar-refractivity contribution in [3.63, 3.8) is 0 Å². The average molecular weight is 238 g/mol. The van der Waals surface area contributed by atoms with Crippen LogP contribution in [0.1, 0.15) is 25.5 Å². The van der Waals surface area contributed by atoms with Crippen LogP contribution in [-0.2, 0) is 0 Å². The molecule has 1 atom stereocenters. The van der Waals surface area contributed by atoms with E-state index in [4.69, 9.17) is 0 Å². The Bertz CT molecular complexity index is 476. The average Bonchev–Trinajstić information content (AvgIpc) is 2.76. The molecule has 1 unspecified atom stereocenters. The molecule has 86 valence electrons. The van der Waals surface area contributed by atoms with Crippen molar-refractivity contribution >= 4 is 21.4 Å². The highest BCUT2D eigenvalue weighted by atomic mass is 32.1. The molecule has 1 aromatic heterocycles. The summed E-state index contributed by atoms with van der Waals surface area (Å²) in [6.45, 7) is 7.51. The highest BCUT2D eigenvalue weighted by molar-refractivity contribution is 7.17. The van der Waals surface area contributed by atoms with Gasteiger partial charge in [0.2, 0.25) is 0 Å². The zero-order valence-corrected chi connectivity index (χ0v) is 10.2. The molecule has 1 N–H and O–H groups in total. The predicted octanol–water partition coefficient (Wildman–Crippen LogP) is 4.29. The molecule has 0 bridgehead atoms. The maximum Gasteiger partial charge on any atom is 0.140 e.